The van der Waals surface area contributed by atoms with E-state index in [-0.39, 0.29) is 11.9 Å². The first kappa shape index (κ1) is 11.2. The summed E-state index contributed by atoms with van der Waals surface area (Å²) in [5, 5.41) is 2.61. The molecule has 1 aromatic rings. The van der Waals surface area contributed by atoms with Gasteiger partial charge in [0.05, 0.1) is 6.61 Å². The van der Waals surface area contributed by atoms with E-state index in [9.17, 15) is 9.59 Å². The Kier molecular flexibility index (Phi) is 3.10. The summed E-state index contributed by atoms with van der Waals surface area (Å²) in [4.78, 5) is 23.0. The Hall–Kier alpha value is -2.28. The summed E-state index contributed by atoms with van der Waals surface area (Å²) < 4.78 is 4.76. The largest absolute Gasteiger partial charge is 0.464 e. The number of hydrogen-bond donors (Lipinski definition) is 1. The summed E-state index contributed by atoms with van der Waals surface area (Å²) in [7, 11) is 0. The number of nitrogens with one attached hydrogen (secondary N) is 1. The fourth-order valence-corrected chi connectivity index (χ4v) is 1.62. The Morgan fingerprint density at radius 1 is 1.53 bits per heavy atom. The molecule has 0 saturated carbocycles. The van der Waals surface area contributed by atoms with E-state index in [0.29, 0.717) is 24.2 Å². The number of terminal acetylenes is 1. The van der Waals surface area contributed by atoms with Crippen molar-refractivity contribution in [2.45, 2.75) is 12.5 Å². The zero-order valence-electron chi connectivity index (χ0n) is 9.10. The number of rotatable bonds is 2. The summed E-state index contributed by atoms with van der Waals surface area (Å²) in [5.41, 5.74) is 1.08. The molecule has 1 aliphatic rings. The van der Waals surface area contributed by atoms with Crippen LogP contribution in [0, 0.1) is 12.3 Å². The van der Waals surface area contributed by atoms with Crippen LogP contribution in [0.15, 0.2) is 24.3 Å². The third-order valence-electron chi connectivity index (χ3n) is 2.53. The number of esters is 1. The van der Waals surface area contributed by atoms with E-state index in [4.69, 9.17) is 11.2 Å². The van der Waals surface area contributed by atoms with Crippen LogP contribution in [0.3, 0.4) is 0 Å². The summed E-state index contributed by atoms with van der Waals surface area (Å²) in [6, 6.07) is 6.15. The van der Waals surface area contributed by atoms with Gasteiger partial charge in [0.15, 0.2) is 0 Å². The summed E-state index contributed by atoms with van der Waals surface area (Å²) in [5.74, 6) is 1.76. The van der Waals surface area contributed by atoms with Gasteiger partial charge in [-0.15, -0.1) is 6.42 Å². The molecule has 0 aliphatic carbocycles. The van der Waals surface area contributed by atoms with E-state index in [1.807, 2.05) is 0 Å². The second-order valence-electron chi connectivity index (χ2n) is 3.71. The van der Waals surface area contributed by atoms with Gasteiger partial charge < -0.3 is 10.1 Å². The second kappa shape index (κ2) is 4.71. The minimum absolute atomic E-state index is 0.314. The highest BCUT2D eigenvalue weighted by molar-refractivity contribution is 5.97. The predicted octanol–water partition coefficient (Wildman–Crippen LogP) is 0.713. The molecule has 0 bridgehead atoms. The first-order valence-corrected chi connectivity index (χ1v) is 5.25. The Labute approximate surface area is 99.0 Å². The average Bonchev–Trinajstić information content (AvgIpc) is 2.75. The Morgan fingerprint density at radius 3 is 3.00 bits per heavy atom. The molecular weight excluding hydrogens is 218 g/mol. The minimum atomic E-state index is -0.544. The van der Waals surface area contributed by atoms with Gasteiger partial charge in [-0.2, -0.15) is 0 Å². The van der Waals surface area contributed by atoms with Gasteiger partial charge in [-0.25, -0.2) is 4.79 Å². The van der Waals surface area contributed by atoms with Crippen molar-refractivity contribution in [1.82, 2.24) is 5.32 Å². The van der Waals surface area contributed by atoms with Crippen LogP contribution in [-0.2, 0) is 9.53 Å². The molecule has 4 nitrogen and oxygen atoms in total. The molecule has 1 atom stereocenters. The average molecular weight is 229 g/mol. The van der Waals surface area contributed by atoms with Gasteiger partial charge in [0, 0.05) is 17.5 Å². The van der Waals surface area contributed by atoms with Crippen molar-refractivity contribution in [1.29, 1.82) is 0 Å². The summed E-state index contributed by atoms with van der Waals surface area (Å²) in [6.45, 7) is 0.355. The normalized spacial score (nSPS) is 18.3. The smallest absolute Gasteiger partial charge is 0.328 e. The summed E-state index contributed by atoms with van der Waals surface area (Å²) in [6.07, 6.45) is 5.76. The summed E-state index contributed by atoms with van der Waals surface area (Å²) >= 11 is 0. The maximum absolute atomic E-state index is 11.8. The van der Waals surface area contributed by atoms with Gasteiger partial charge in [0.25, 0.3) is 5.91 Å². The first-order chi connectivity index (χ1) is 8.20. The molecule has 0 unspecified atom stereocenters. The number of amides is 1. The Balaban J connectivity index is 2.09. The number of cyclic esters (lactones) is 1. The Morgan fingerprint density at radius 2 is 2.35 bits per heavy atom. The molecule has 17 heavy (non-hydrogen) atoms. The molecule has 4 heteroatoms. The predicted molar refractivity (Wildman–Crippen MR) is 61.2 cm³/mol. The number of benzene rings is 1. The topological polar surface area (TPSA) is 55.4 Å². The maximum atomic E-state index is 11.8. The lowest BCUT2D eigenvalue weighted by Crippen LogP contribution is -2.37. The Bertz CT molecular complexity index is 502. The molecule has 1 saturated heterocycles. The van der Waals surface area contributed by atoms with E-state index in [2.05, 4.69) is 11.2 Å². The highest BCUT2D eigenvalue weighted by Gasteiger charge is 2.28. The van der Waals surface area contributed by atoms with Crippen molar-refractivity contribution < 1.29 is 14.3 Å². The molecule has 2 rings (SSSR count). The van der Waals surface area contributed by atoms with Gasteiger partial charge in [-0.1, -0.05) is 12.0 Å². The third kappa shape index (κ3) is 2.45. The quantitative estimate of drug-likeness (QED) is 0.600. The molecule has 1 aromatic carbocycles. The highest BCUT2D eigenvalue weighted by atomic mass is 16.5. The maximum Gasteiger partial charge on any atom is 0.328 e. The molecule has 1 N–H and O–H groups in total. The molecule has 1 fully saturated rings. The van der Waals surface area contributed by atoms with E-state index in [1.54, 1.807) is 24.3 Å². The molecular formula is C13H11NO3. The fraction of sp³-hybridized carbons (Fsp3) is 0.231. The first-order valence-electron chi connectivity index (χ1n) is 5.25. The van der Waals surface area contributed by atoms with Gasteiger partial charge >= 0.3 is 5.97 Å². The van der Waals surface area contributed by atoms with Crippen LogP contribution in [0.5, 0.6) is 0 Å². The molecule has 0 spiro atoms. The van der Waals surface area contributed by atoms with Crippen molar-refractivity contribution in [3.63, 3.8) is 0 Å². The van der Waals surface area contributed by atoms with E-state index in [0.717, 1.165) is 0 Å². The van der Waals surface area contributed by atoms with Crippen LogP contribution >= 0.6 is 0 Å². The zero-order valence-corrected chi connectivity index (χ0v) is 9.10. The number of ether oxygens (including phenoxy) is 1. The van der Waals surface area contributed by atoms with E-state index in [1.165, 1.54) is 0 Å². The minimum Gasteiger partial charge on any atom is -0.464 e. The van der Waals surface area contributed by atoms with Crippen LogP contribution in [0.1, 0.15) is 22.3 Å². The molecule has 0 aromatic heterocycles. The van der Waals surface area contributed by atoms with Gasteiger partial charge in [0.2, 0.25) is 0 Å². The number of hydrogen-bond acceptors (Lipinski definition) is 3. The molecule has 86 valence electrons. The molecule has 1 aliphatic heterocycles. The van der Waals surface area contributed by atoms with Crippen molar-refractivity contribution in [3.8, 4) is 12.3 Å². The fourth-order valence-electron chi connectivity index (χ4n) is 1.62. The van der Waals surface area contributed by atoms with Crippen molar-refractivity contribution in [3.05, 3.63) is 35.4 Å². The van der Waals surface area contributed by atoms with Crippen LogP contribution in [-0.4, -0.2) is 24.5 Å². The van der Waals surface area contributed by atoms with E-state index < -0.39 is 6.04 Å². The molecule has 1 amide bonds. The number of carbonyl (C=O) groups is 2. The highest BCUT2D eigenvalue weighted by Crippen LogP contribution is 2.09. The van der Waals surface area contributed by atoms with E-state index >= 15 is 0 Å². The van der Waals surface area contributed by atoms with Crippen molar-refractivity contribution in [2.75, 3.05) is 6.61 Å². The molecule has 0 radical (unpaired) electrons. The molecule has 1 heterocycles. The zero-order chi connectivity index (χ0) is 12.3. The standard InChI is InChI=1S/C13H11NO3/c1-2-9-4-3-5-10(8-9)12(15)14-11-6-7-17-13(11)16/h1,3-5,8,11H,6-7H2,(H,14,15)/t11-/m0/s1. The van der Waals surface area contributed by atoms with Crippen LogP contribution in [0.4, 0.5) is 0 Å². The monoisotopic (exact) mass is 229 g/mol. The van der Waals surface area contributed by atoms with Crippen LogP contribution < -0.4 is 5.32 Å². The lowest BCUT2D eigenvalue weighted by molar-refractivity contribution is -0.139. The van der Waals surface area contributed by atoms with Gasteiger partial charge in [-0.05, 0) is 18.2 Å². The number of carbonyl (C=O) groups excluding carboxylic acids is 2. The van der Waals surface area contributed by atoms with Crippen molar-refractivity contribution in [2.24, 2.45) is 0 Å². The van der Waals surface area contributed by atoms with Gasteiger partial charge in [-0.3, -0.25) is 4.79 Å². The lowest BCUT2D eigenvalue weighted by Gasteiger charge is -2.08. The van der Waals surface area contributed by atoms with Crippen molar-refractivity contribution >= 4 is 11.9 Å². The SMILES string of the molecule is C#Cc1cccc(C(=O)N[C@H]2CCOC2=O)c1. The van der Waals surface area contributed by atoms with Crippen LogP contribution in [0.2, 0.25) is 0 Å². The van der Waals surface area contributed by atoms with Gasteiger partial charge in [0.1, 0.15) is 6.04 Å². The lowest BCUT2D eigenvalue weighted by atomic mass is 10.1. The van der Waals surface area contributed by atoms with Crippen LogP contribution in [0.25, 0.3) is 0 Å². The third-order valence-corrected chi connectivity index (χ3v) is 2.53. The second-order valence-corrected chi connectivity index (χ2v) is 3.71.